The molecule has 0 spiro atoms. The molecule has 0 aliphatic carbocycles. The number of imidazole rings is 1. The summed E-state index contributed by atoms with van der Waals surface area (Å²) in [6.45, 7) is 3.06. The van der Waals surface area contributed by atoms with Gasteiger partial charge in [-0.1, -0.05) is 13.3 Å². The van der Waals surface area contributed by atoms with Gasteiger partial charge in [-0.3, -0.25) is 0 Å². The summed E-state index contributed by atoms with van der Waals surface area (Å²) >= 11 is 0. The fraction of sp³-hybridized carbons (Fsp3) is 0.308. The van der Waals surface area contributed by atoms with E-state index in [1.54, 1.807) is 18.3 Å². The molecule has 0 saturated heterocycles. The van der Waals surface area contributed by atoms with Gasteiger partial charge in [0.25, 0.3) is 0 Å². The second-order valence-electron chi connectivity index (χ2n) is 3.93. The number of unbranched alkanes of at least 4 members (excludes halogenated alkanes) is 1. The number of halogens is 1. The Kier molecular flexibility index (Phi) is 3.75. The van der Waals surface area contributed by atoms with E-state index in [9.17, 15) is 4.39 Å². The predicted molar refractivity (Wildman–Crippen MR) is 67.4 cm³/mol. The lowest BCUT2D eigenvalue weighted by Crippen LogP contribution is -2.01. The Hall–Kier alpha value is -1.84. The van der Waals surface area contributed by atoms with Gasteiger partial charge in [-0.2, -0.15) is 0 Å². The summed E-state index contributed by atoms with van der Waals surface area (Å²) in [7, 11) is 0. The predicted octanol–water partition coefficient (Wildman–Crippen LogP) is 3.43. The molecule has 0 aliphatic heterocycles. The molecule has 17 heavy (non-hydrogen) atoms. The highest BCUT2D eigenvalue weighted by Gasteiger charge is 2.02. The zero-order chi connectivity index (χ0) is 12.1. The topological polar surface area (TPSA) is 40.7 Å². The van der Waals surface area contributed by atoms with Crippen LogP contribution in [0.15, 0.2) is 30.5 Å². The maximum absolute atomic E-state index is 12.8. The molecule has 2 N–H and O–H groups in total. The molecular weight excluding hydrogens is 217 g/mol. The largest absolute Gasteiger partial charge is 0.356 e. The van der Waals surface area contributed by atoms with Crippen LogP contribution in [-0.4, -0.2) is 16.5 Å². The van der Waals surface area contributed by atoms with E-state index in [0.717, 1.165) is 36.6 Å². The monoisotopic (exact) mass is 233 g/mol. The third kappa shape index (κ3) is 3.06. The fourth-order valence-corrected chi connectivity index (χ4v) is 1.57. The average molecular weight is 233 g/mol. The number of hydrogen-bond acceptors (Lipinski definition) is 2. The van der Waals surface area contributed by atoms with E-state index < -0.39 is 0 Å². The number of nitrogens with zero attached hydrogens (tertiary/aromatic N) is 1. The standard InChI is InChI=1S/C13H16FN3/c1-2-3-8-15-13-16-9-12(17-13)10-4-6-11(14)7-5-10/h4-7,9H,2-3,8H2,1H3,(H2,15,16,17). The minimum Gasteiger partial charge on any atom is -0.356 e. The summed E-state index contributed by atoms with van der Waals surface area (Å²) in [5, 5.41) is 3.21. The second-order valence-corrected chi connectivity index (χ2v) is 3.93. The molecule has 1 aromatic carbocycles. The number of nitrogens with one attached hydrogen (secondary N) is 2. The van der Waals surface area contributed by atoms with Crippen LogP contribution in [0.2, 0.25) is 0 Å². The molecule has 0 unspecified atom stereocenters. The van der Waals surface area contributed by atoms with Crippen molar-refractivity contribution >= 4 is 5.95 Å². The number of H-pyrrole nitrogens is 1. The highest BCUT2D eigenvalue weighted by Crippen LogP contribution is 2.18. The number of aromatic amines is 1. The quantitative estimate of drug-likeness (QED) is 0.777. The van der Waals surface area contributed by atoms with Crippen molar-refractivity contribution in [2.45, 2.75) is 19.8 Å². The van der Waals surface area contributed by atoms with Gasteiger partial charge in [0, 0.05) is 6.54 Å². The van der Waals surface area contributed by atoms with E-state index in [0.29, 0.717) is 0 Å². The van der Waals surface area contributed by atoms with Crippen LogP contribution in [0.5, 0.6) is 0 Å². The van der Waals surface area contributed by atoms with Gasteiger partial charge in [0.1, 0.15) is 5.82 Å². The van der Waals surface area contributed by atoms with E-state index >= 15 is 0 Å². The Morgan fingerprint density at radius 2 is 2.06 bits per heavy atom. The van der Waals surface area contributed by atoms with Crippen molar-refractivity contribution in [1.82, 2.24) is 9.97 Å². The first kappa shape index (κ1) is 11.6. The first-order valence-corrected chi connectivity index (χ1v) is 5.84. The van der Waals surface area contributed by atoms with Crippen LogP contribution < -0.4 is 5.32 Å². The minimum atomic E-state index is -0.227. The van der Waals surface area contributed by atoms with E-state index in [4.69, 9.17) is 0 Å². The molecular formula is C13H16FN3. The molecule has 1 aromatic heterocycles. The molecule has 90 valence electrons. The zero-order valence-corrected chi connectivity index (χ0v) is 9.83. The number of rotatable bonds is 5. The second kappa shape index (κ2) is 5.48. The van der Waals surface area contributed by atoms with Gasteiger partial charge in [-0.25, -0.2) is 9.37 Å². The molecule has 0 fully saturated rings. The SMILES string of the molecule is CCCCNc1ncc(-c2ccc(F)cc2)[nH]1. The Balaban J connectivity index is 2.04. The maximum atomic E-state index is 12.8. The molecule has 0 bridgehead atoms. The average Bonchev–Trinajstić information content (AvgIpc) is 2.79. The van der Waals surface area contributed by atoms with Gasteiger partial charge in [0.2, 0.25) is 5.95 Å². The van der Waals surface area contributed by atoms with Crippen molar-refractivity contribution < 1.29 is 4.39 Å². The molecule has 0 saturated carbocycles. The Morgan fingerprint density at radius 1 is 1.29 bits per heavy atom. The number of hydrogen-bond donors (Lipinski definition) is 2. The van der Waals surface area contributed by atoms with Crippen LogP contribution >= 0.6 is 0 Å². The molecule has 2 rings (SSSR count). The molecule has 0 radical (unpaired) electrons. The Morgan fingerprint density at radius 3 is 2.76 bits per heavy atom. The van der Waals surface area contributed by atoms with Gasteiger partial charge < -0.3 is 10.3 Å². The number of aromatic nitrogens is 2. The van der Waals surface area contributed by atoms with Crippen molar-refractivity contribution in [1.29, 1.82) is 0 Å². The zero-order valence-electron chi connectivity index (χ0n) is 9.83. The van der Waals surface area contributed by atoms with Crippen molar-refractivity contribution in [2.24, 2.45) is 0 Å². The van der Waals surface area contributed by atoms with Crippen molar-refractivity contribution in [3.8, 4) is 11.3 Å². The van der Waals surface area contributed by atoms with Crippen LogP contribution in [0, 0.1) is 5.82 Å². The van der Waals surface area contributed by atoms with E-state index in [1.807, 2.05) is 0 Å². The summed E-state index contributed by atoms with van der Waals surface area (Å²) in [5.41, 5.74) is 1.83. The third-order valence-electron chi connectivity index (χ3n) is 2.55. The first-order valence-electron chi connectivity index (χ1n) is 5.84. The van der Waals surface area contributed by atoms with Crippen LogP contribution in [0.25, 0.3) is 11.3 Å². The van der Waals surface area contributed by atoms with Crippen LogP contribution in [-0.2, 0) is 0 Å². The molecule has 1 heterocycles. The molecule has 0 amide bonds. The summed E-state index contributed by atoms with van der Waals surface area (Å²) in [6.07, 6.45) is 4.02. The summed E-state index contributed by atoms with van der Waals surface area (Å²) in [4.78, 5) is 7.39. The van der Waals surface area contributed by atoms with Gasteiger partial charge in [0.05, 0.1) is 11.9 Å². The van der Waals surface area contributed by atoms with Gasteiger partial charge in [-0.15, -0.1) is 0 Å². The minimum absolute atomic E-state index is 0.227. The first-order chi connectivity index (χ1) is 8.29. The van der Waals surface area contributed by atoms with Crippen LogP contribution in [0.4, 0.5) is 10.3 Å². The summed E-state index contributed by atoms with van der Waals surface area (Å²) in [6, 6.07) is 6.36. The van der Waals surface area contributed by atoms with E-state index in [1.165, 1.54) is 12.1 Å². The highest BCUT2D eigenvalue weighted by molar-refractivity contribution is 5.60. The maximum Gasteiger partial charge on any atom is 0.200 e. The number of anilines is 1. The van der Waals surface area contributed by atoms with Gasteiger partial charge in [0.15, 0.2) is 0 Å². The number of benzene rings is 1. The molecule has 2 aromatic rings. The Bertz CT molecular complexity index is 462. The van der Waals surface area contributed by atoms with Crippen LogP contribution in [0.3, 0.4) is 0 Å². The van der Waals surface area contributed by atoms with Gasteiger partial charge >= 0.3 is 0 Å². The van der Waals surface area contributed by atoms with Crippen molar-refractivity contribution in [2.75, 3.05) is 11.9 Å². The molecule has 4 heteroatoms. The fourth-order valence-electron chi connectivity index (χ4n) is 1.57. The van der Waals surface area contributed by atoms with Gasteiger partial charge in [-0.05, 0) is 36.2 Å². The molecule has 0 atom stereocenters. The lowest BCUT2D eigenvalue weighted by atomic mass is 10.2. The van der Waals surface area contributed by atoms with E-state index in [2.05, 4.69) is 22.2 Å². The normalized spacial score (nSPS) is 10.5. The van der Waals surface area contributed by atoms with E-state index in [-0.39, 0.29) is 5.82 Å². The lowest BCUT2D eigenvalue weighted by Gasteiger charge is -2.00. The summed E-state index contributed by atoms with van der Waals surface area (Å²) in [5.74, 6) is 0.535. The lowest BCUT2D eigenvalue weighted by molar-refractivity contribution is 0.628. The Labute approximate surface area is 100 Å². The highest BCUT2D eigenvalue weighted by atomic mass is 19.1. The smallest absolute Gasteiger partial charge is 0.200 e. The molecule has 0 aliphatic rings. The molecule has 3 nitrogen and oxygen atoms in total. The third-order valence-corrected chi connectivity index (χ3v) is 2.55. The van der Waals surface area contributed by atoms with Crippen LogP contribution in [0.1, 0.15) is 19.8 Å². The van der Waals surface area contributed by atoms with Crippen molar-refractivity contribution in [3.63, 3.8) is 0 Å². The van der Waals surface area contributed by atoms with Crippen molar-refractivity contribution in [3.05, 3.63) is 36.3 Å². The summed E-state index contributed by atoms with van der Waals surface area (Å²) < 4.78 is 12.8.